The molecule has 1 nitrogen and oxygen atoms in total. The van der Waals surface area contributed by atoms with Gasteiger partial charge in [-0.15, -0.1) is 0 Å². The molecule has 1 aliphatic rings. The normalized spacial score (nSPS) is 17.8. The molecule has 1 aromatic rings. The summed E-state index contributed by atoms with van der Waals surface area (Å²) < 4.78 is 13.6. The zero-order valence-corrected chi connectivity index (χ0v) is 12.2. The standard InChI is InChI=1S/C17H26FN/c1-3-8-19-17(11-14-6-4-5-7-14)15-9-13(2)10-16(18)12-15/h9-10,12,14,17,19H,3-8,11H2,1-2H3. The van der Waals surface area contributed by atoms with Gasteiger partial charge in [-0.1, -0.05) is 38.7 Å². The second kappa shape index (κ2) is 7.04. The Hall–Kier alpha value is -0.890. The average Bonchev–Trinajstić information content (AvgIpc) is 2.86. The van der Waals surface area contributed by atoms with Crippen LogP contribution >= 0.6 is 0 Å². The Kier molecular flexibility index (Phi) is 5.38. The second-order valence-electron chi connectivity index (χ2n) is 5.95. The average molecular weight is 263 g/mol. The van der Waals surface area contributed by atoms with E-state index in [-0.39, 0.29) is 5.82 Å². The van der Waals surface area contributed by atoms with E-state index in [9.17, 15) is 4.39 Å². The van der Waals surface area contributed by atoms with Crippen molar-refractivity contribution in [3.63, 3.8) is 0 Å². The quantitative estimate of drug-likeness (QED) is 0.780. The lowest BCUT2D eigenvalue weighted by molar-refractivity contribution is 0.394. The van der Waals surface area contributed by atoms with Gasteiger partial charge in [-0.3, -0.25) is 0 Å². The molecule has 0 amide bonds. The second-order valence-corrected chi connectivity index (χ2v) is 5.95. The van der Waals surface area contributed by atoms with Crippen molar-refractivity contribution < 1.29 is 4.39 Å². The van der Waals surface area contributed by atoms with Crippen LogP contribution in [0.5, 0.6) is 0 Å². The first-order chi connectivity index (χ1) is 9.19. The minimum Gasteiger partial charge on any atom is -0.310 e. The van der Waals surface area contributed by atoms with E-state index in [0.717, 1.165) is 36.4 Å². The highest BCUT2D eigenvalue weighted by molar-refractivity contribution is 5.26. The molecule has 0 radical (unpaired) electrons. The van der Waals surface area contributed by atoms with Crippen molar-refractivity contribution in [2.24, 2.45) is 5.92 Å². The Morgan fingerprint density at radius 2 is 2.00 bits per heavy atom. The SMILES string of the molecule is CCCNC(CC1CCCC1)c1cc(C)cc(F)c1. The van der Waals surface area contributed by atoms with Gasteiger partial charge in [-0.25, -0.2) is 4.39 Å². The predicted octanol–water partition coefficient (Wildman–Crippen LogP) is 4.76. The monoisotopic (exact) mass is 263 g/mol. The summed E-state index contributed by atoms with van der Waals surface area (Å²) in [5.41, 5.74) is 2.14. The first kappa shape index (κ1) is 14.5. The number of aryl methyl sites for hydroxylation is 1. The molecule has 1 fully saturated rings. The van der Waals surface area contributed by atoms with Crippen molar-refractivity contribution in [3.05, 3.63) is 35.1 Å². The van der Waals surface area contributed by atoms with E-state index in [1.807, 2.05) is 6.92 Å². The molecule has 1 N–H and O–H groups in total. The molecule has 1 unspecified atom stereocenters. The first-order valence-corrected chi connectivity index (χ1v) is 7.69. The number of halogens is 1. The maximum absolute atomic E-state index is 13.6. The van der Waals surface area contributed by atoms with Gasteiger partial charge in [0.2, 0.25) is 0 Å². The Bertz CT molecular complexity index is 376. The molecule has 0 bridgehead atoms. The van der Waals surface area contributed by atoms with Crippen molar-refractivity contribution in [1.29, 1.82) is 0 Å². The van der Waals surface area contributed by atoms with Crippen LogP contribution in [-0.2, 0) is 0 Å². The van der Waals surface area contributed by atoms with Gasteiger partial charge >= 0.3 is 0 Å². The summed E-state index contributed by atoms with van der Waals surface area (Å²) >= 11 is 0. The fourth-order valence-corrected chi connectivity index (χ4v) is 3.20. The fourth-order valence-electron chi connectivity index (χ4n) is 3.20. The lowest BCUT2D eigenvalue weighted by atomic mass is 9.92. The number of hydrogen-bond acceptors (Lipinski definition) is 1. The Morgan fingerprint density at radius 1 is 1.26 bits per heavy atom. The van der Waals surface area contributed by atoms with Crippen LogP contribution in [0.3, 0.4) is 0 Å². The van der Waals surface area contributed by atoms with Crippen LogP contribution in [0.25, 0.3) is 0 Å². The molecule has 1 aromatic carbocycles. The van der Waals surface area contributed by atoms with Gasteiger partial charge in [0.1, 0.15) is 5.82 Å². The highest BCUT2D eigenvalue weighted by Gasteiger charge is 2.21. The molecule has 19 heavy (non-hydrogen) atoms. The maximum Gasteiger partial charge on any atom is 0.123 e. The van der Waals surface area contributed by atoms with Crippen molar-refractivity contribution in [2.45, 2.75) is 58.4 Å². The molecule has 0 spiro atoms. The molecule has 2 rings (SSSR count). The van der Waals surface area contributed by atoms with Crippen LogP contribution in [-0.4, -0.2) is 6.54 Å². The summed E-state index contributed by atoms with van der Waals surface area (Å²) in [6.45, 7) is 5.16. The van der Waals surface area contributed by atoms with Gasteiger partial charge in [0.25, 0.3) is 0 Å². The van der Waals surface area contributed by atoms with E-state index in [0.29, 0.717) is 6.04 Å². The van der Waals surface area contributed by atoms with Crippen LogP contribution in [0.1, 0.15) is 62.6 Å². The third-order valence-electron chi connectivity index (χ3n) is 4.15. The number of benzene rings is 1. The smallest absolute Gasteiger partial charge is 0.123 e. The Labute approximate surface area is 116 Å². The maximum atomic E-state index is 13.6. The van der Waals surface area contributed by atoms with Gasteiger partial charge in [-0.05, 0) is 55.5 Å². The van der Waals surface area contributed by atoms with E-state index in [4.69, 9.17) is 0 Å². The van der Waals surface area contributed by atoms with E-state index >= 15 is 0 Å². The van der Waals surface area contributed by atoms with E-state index in [1.165, 1.54) is 25.7 Å². The van der Waals surface area contributed by atoms with Crippen molar-refractivity contribution in [3.8, 4) is 0 Å². The summed E-state index contributed by atoms with van der Waals surface area (Å²) in [5, 5.41) is 3.60. The van der Waals surface area contributed by atoms with Crippen LogP contribution in [0.15, 0.2) is 18.2 Å². The van der Waals surface area contributed by atoms with Crippen LogP contribution in [0, 0.1) is 18.7 Å². The highest BCUT2D eigenvalue weighted by Crippen LogP contribution is 2.33. The molecule has 0 aromatic heterocycles. The Balaban J connectivity index is 2.10. The third kappa shape index (κ3) is 4.31. The molecule has 2 heteroatoms. The number of nitrogens with one attached hydrogen (secondary N) is 1. The Morgan fingerprint density at radius 3 is 2.63 bits per heavy atom. The van der Waals surface area contributed by atoms with Crippen molar-refractivity contribution in [1.82, 2.24) is 5.32 Å². The van der Waals surface area contributed by atoms with Crippen molar-refractivity contribution in [2.75, 3.05) is 6.54 Å². The fraction of sp³-hybridized carbons (Fsp3) is 0.647. The van der Waals surface area contributed by atoms with Crippen LogP contribution in [0.4, 0.5) is 4.39 Å². The number of hydrogen-bond donors (Lipinski definition) is 1. The molecular weight excluding hydrogens is 237 g/mol. The number of rotatable bonds is 6. The van der Waals surface area contributed by atoms with Gasteiger partial charge in [0.05, 0.1) is 0 Å². The predicted molar refractivity (Wildman–Crippen MR) is 78.7 cm³/mol. The molecule has 0 heterocycles. The summed E-state index contributed by atoms with van der Waals surface area (Å²) in [5.74, 6) is 0.711. The summed E-state index contributed by atoms with van der Waals surface area (Å²) in [6, 6.07) is 5.76. The van der Waals surface area contributed by atoms with E-state index < -0.39 is 0 Å². The molecule has 1 atom stereocenters. The summed E-state index contributed by atoms with van der Waals surface area (Å²) in [6.07, 6.45) is 7.70. The molecule has 106 valence electrons. The van der Waals surface area contributed by atoms with Crippen molar-refractivity contribution >= 4 is 0 Å². The highest BCUT2D eigenvalue weighted by atomic mass is 19.1. The third-order valence-corrected chi connectivity index (χ3v) is 4.15. The zero-order chi connectivity index (χ0) is 13.7. The summed E-state index contributed by atoms with van der Waals surface area (Å²) in [4.78, 5) is 0. The van der Waals surface area contributed by atoms with Gasteiger partial charge < -0.3 is 5.32 Å². The summed E-state index contributed by atoms with van der Waals surface area (Å²) in [7, 11) is 0. The van der Waals surface area contributed by atoms with Gasteiger partial charge in [0, 0.05) is 6.04 Å². The molecule has 0 saturated heterocycles. The molecule has 1 saturated carbocycles. The largest absolute Gasteiger partial charge is 0.310 e. The topological polar surface area (TPSA) is 12.0 Å². The first-order valence-electron chi connectivity index (χ1n) is 7.69. The van der Waals surface area contributed by atoms with Gasteiger partial charge in [0.15, 0.2) is 0 Å². The lowest BCUT2D eigenvalue weighted by Gasteiger charge is -2.23. The minimum absolute atomic E-state index is 0.107. The lowest BCUT2D eigenvalue weighted by Crippen LogP contribution is -2.24. The molecule has 1 aliphatic carbocycles. The zero-order valence-electron chi connectivity index (χ0n) is 12.2. The van der Waals surface area contributed by atoms with Crippen LogP contribution in [0.2, 0.25) is 0 Å². The molecular formula is C17H26FN. The molecule has 0 aliphatic heterocycles. The van der Waals surface area contributed by atoms with E-state index in [1.54, 1.807) is 12.1 Å². The minimum atomic E-state index is -0.107. The van der Waals surface area contributed by atoms with Crippen LogP contribution < -0.4 is 5.32 Å². The van der Waals surface area contributed by atoms with Gasteiger partial charge in [-0.2, -0.15) is 0 Å². The van der Waals surface area contributed by atoms with E-state index in [2.05, 4.69) is 18.3 Å².